The van der Waals surface area contributed by atoms with Gasteiger partial charge in [-0.1, -0.05) is 30.3 Å². The van der Waals surface area contributed by atoms with Crippen molar-refractivity contribution >= 4 is 5.70 Å². The molecule has 1 aliphatic rings. The smallest absolute Gasteiger partial charge is 0.0616 e. The minimum Gasteiger partial charge on any atom is -0.358 e. The van der Waals surface area contributed by atoms with E-state index in [2.05, 4.69) is 17.4 Å². The largest absolute Gasteiger partial charge is 0.358 e. The molecule has 0 saturated heterocycles. The minimum absolute atomic E-state index is 1.25. The van der Waals surface area contributed by atoms with E-state index < -0.39 is 0 Å². The van der Waals surface area contributed by atoms with E-state index in [4.69, 9.17) is 0 Å². The van der Waals surface area contributed by atoms with Crippen molar-refractivity contribution in [1.82, 2.24) is 5.32 Å². The maximum atomic E-state index is 3.04. The van der Waals surface area contributed by atoms with Gasteiger partial charge in [-0.3, -0.25) is 0 Å². The van der Waals surface area contributed by atoms with Crippen molar-refractivity contribution in [3.8, 4) is 0 Å². The summed E-state index contributed by atoms with van der Waals surface area (Å²) in [5.74, 6) is 0. The summed E-state index contributed by atoms with van der Waals surface area (Å²) in [6.45, 7) is 0. The van der Waals surface area contributed by atoms with E-state index in [1.54, 1.807) is 0 Å². The highest BCUT2D eigenvalue weighted by molar-refractivity contribution is 5.73. The lowest BCUT2D eigenvalue weighted by atomic mass is 10.2. The molecule has 0 amide bonds. The van der Waals surface area contributed by atoms with Gasteiger partial charge in [0.05, 0.1) is 5.70 Å². The van der Waals surface area contributed by atoms with E-state index in [0.717, 1.165) is 0 Å². The molecule has 0 spiro atoms. The SMILES string of the molecule is C1=C(c2ccccc2)N1. The fourth-order valence-electron chi connectivity index (χ4n) is 0.820. The summed E-state index contributed by atoms with van der Waals surface area (Å²) in [5.41, 5.74) is 2.52. The molecule has 0 unspecified atom stereocenters. The van der Waals surface area contributed by atoms with Crippen molar-refractivity contribution in [3.05, 3.63) is 42.1 Å². The Balaban J connectivity index is 2.40. The molecule has 0 atom stereocenters. The van der Waals surface area contributed by atoms with Crippen molar-refractivity contribution in [2.75, 3.05) is 0 Å². The second-order valence-electron chi connectivity index (χ2n) is 2.07. The summed E-state index contributed by atoms with van der Waals surface area (Å²) in [5, 5.41) is 3.04. The molecule has 1 nitrogen and oxygen atoms in total. The third kappa shape index (κ3) is 0.809. The van der Waals surface area contributed by atoms with Crippen molar-refractivity contribution in [2.24, 2.45) is 0 Å². The Labute approximate surface area is 54.0 Å². The van der Waals surface area contributed by atoms with E-state index in [1.165, 1.54) is 11.3 Å². The van der Waals surface area contributed by atoms with Crippen LogP contribution in [-0.2, 0) is 0 Å². The lowest BCUT2D eigenvalue weighted by molar-refractivity contribution is 1.44. The molecule has 0 aliphatic carbocycles. The van der Waals surface area contributed by atoms with Gasteiger partial charge in [0.25, 0.3) is 0 Å². The predicted molar refractivity (Wildman–Crippen MR) is 37.6 cm³/mol. The van der Waals surface area contributed by atoms with Gasteiger partial charge in [0, 0.05) is 6.20 Å². The zero-order chi connectivity index (χ0) is 6.10. The molecule has 0 bridgehead atoms. The summed E-state index contributed by atoms with van der Waals surface area (Å²) in [4.78, 5) is 0. The number of rotatable bonds is 1. The van der Waals surface area contributed by atoms with Gasteiger partial charge in [-0.05, 0) is 5.56 Å². The first kappa shape index (κ1) is 4.62. The molecule has 1 aliphatic heterocycles. The van der Waals surface area contributed by atoms with Crippen LogP contribution < -0.4 is 5.32 Å². The third-order valence-corrected chi connectivity index (χ3v) is 1.37. The molecule has 9 heavy (non-hydrogen) atoms. The maximum absolute atomic E-state index is 3.04. The van der Waals surface area contributed by atoms with Crippen LogP contribution in [0.25, 0.3) is 5.70 Å². The molecule has 0 saturated carbocycles. The molecular formula is C8H7N. The summed E-state index contributed by atoms with van der Waals surface area (Å²) in [6, 6.07) is 10.3. The normalized spacial score (nSPS) is 14.0. The third-order valence-electron chi connectivity index (χ3n) is 1.37. The molecule has 0 fully saturated rings. The quantitative estimate of drug-likeness (QED) is 0.592. The zero-order valence-corrected chi connectivity index (χ0v) is 4.96. The van der Waals surface area contributed by atoms with E-state index in [0.29, 0.717) is 0 Å². The van der Waals surface area contributed by atoms with Crippen LogP contribution in [-0.4, -0.2) is 0 Å². The Morgan fingerprint density at radius 1 is 1.00 bits per heavy atom. The van der Waals surface area contributed by atoms with Crippen LogP contribution in [0.4, 0.5) is 0 Å². The molecule has 44 valence electrons. The molecule has 1 N–H and O–H groups in total. The van der Waals surface area contributed by atoms with E-state index in [9.17, 15) is 0 Å². The van der Waals surface area contributed by atoms with E-state index in [1.807, 2.05) is 24.4 Å². The standard InChI is InChI=1S/C8H7N/c1-2-4-7(5-3-1)8-6-9-8/h1-6,9H. The highest BCUT2D eigenvalue weighted by Gasteiger charge is 2.06. The van der Waals surface area contributed by atoms with Crippen LogP contribution >= 0.6 is 0 Å². The van der Waals surface area contributed by atoms with Crippen LogP contribution in [0.3, 0.4) is 0 Å². The summed E-state index contributed by atoms with van der Waals surface area (Å²) >= 11 is 0. The number of benzene rings is 1. The van der Waals surface area contributed by atoms with Gasteiger partial charge in [-0.15, -0.1) is 0 Å². The van der Waals surface area contributed by atoms with Crippen molar-refractivity contribution in [1.29, 1.82) is 0 Å². The zero-order valence-electron chi connectivity index (χ0n) is 4.96. The molecule has 1 heterocycles. The van der Waals surface area contributed by atoms with Crippen LogP contribution in [0.2, 0.25) is 0 Å². The van der Waals surface area contributed by atoms with Crippen molar-refractivity contribution < 1.29 is 0 Å². The molecule has 0 radical (unpaired) electrons. The van der Waals surface area contributed by atoms with Gasteiger partial charge in [0.1, 0.15) is 0 Å². The van der Waals surface area contributed by atoms with Gasteiger partial charge in [-0.25, -0.2) is 0 Å². The Morgan fingerprint density at radius 2 is 1.67 bits per heavy atom. The monoisotopic (exact) mass is 117 g/mol. The van der Waals surface area contributed by atoms with Crippen LogP contribution in [0.1, 0.15) is 5.56 Å². The molecule has 1 aromatic rings. The van der Waals surface area contributed by atoms with E-state index in [-0.39, 0.29) is 0 Å². The number of hydrogen-bond donors (Lipinski definition) is 1. The van der Waals surface area contributed by atoms with Crippen molar-refractivity contribution in [2.45, 2.75) is 0 Å². The second-order valence-corrected chi connectivity index (χ2v) is 2.07. The first-order valence-electron chi connectivity index (χ1n) is 2.99. The topological polar surface area (TPSA) is 21.9 Å². The molecule has 0 aromatic heterocycles. The lowest BCUT2D eigenvalue weighted by Crippen LogP contribution is -1.77. The first-order valence-corrected chi connectivity index (χ1v) is 2.99. The minimum atomic E-state index is 1.25. The summed E-state index contributed by atoms with van der Waals surface area (Å²) in [7, 11) is 0. The summed E-state index contributed by atoms with van der Waals surface area (Å²) < 4.78 is 0. The molecular weight excluding hydrogens is 110 g/mol. The summed E-state index contributed by atoms with van der Waals surface area (Å²) in [6.07, 6.45) is 2.00. The van der Waals surface area contributed by atoms with Crippen LogP contribution in [0, 0.1) is 0 Å². The van der Waals surface area contributed by atoms with Gasteiger partial charge in [0.2, 0.25) is 0 Å². The van der Waals surface area contributed by atoms with Gasteiger partial charge >= 0.3 is 0 Å². The highest BCUT2D eigenvalue weighted by atomic mass is 15.0. The molecule has 1 heteroatoms. The predicted octanol–water partition coefficient (Wildman–Crippen LogP) is 1.59. The van der Waals surface area contributed by atoms with Gasteiger partial charge in [0.15, 0.2) is 0 Å². The van der Waals surface area contributed by atoms with Gasteiger partial charge in [-0.2, -0.15) is 0 Å². The average molecular weight is 117 g/mol. The molecule has 2 rings (SSSR count). The van der Waals surface area contributed by atoms with Gasteiger partial charge < -0.3 is 5.32 Å². The van der Waals surface area contributed by atoms with E-state index >= 15 is 0 Å². The lowest BCUT2D eigenvalue weighted by Gasteiger charge is -1.88. The van der Waals surface area contributed by atoms with Crippen LogP contribution in [0.15, 0.2) is 36.5 Å². The second kappa shape index (κ2) is 1.62. The highest BCUT2D eigenvalue weighted by Crippen LogP contribution is 2.17. The average Bonchev–Trinajstić information content (AvgIpc) is 2.71. The maximum Gasteiger partial charge on any atom is 0.0616 e. The number of hydrogen-bond acceptors (Lipinski definition) is 1. The first-order chi connectivity index (χ1) is 4.47. The fraction of sp³-hybridized carbons (Fsp3) is 0. The Kier molecular flexibility index (Phi) is 0.833. The Morgan fingerprint density at radius 3 is 2.22 bits per heavy atom. The fourth-order valence-corrected chi connectivity index (χ4v) is 0.820. The van der Waals surface area contributed by atoms with Crippen molar-refractivity contribution in [3.63, 3.8) is 0 Å². The Bertz CT molecular complexity index is 236. The molecule has 1 aromatic carbocycles. The number of nitrogens with one attached hydrogen (secondary N) is 1. The Hall–Kier alpha value is -1.24. The van der Waals surface area contributed by atoms with Crippen LogP contribution in [0.5, 0.6) is 0 Å².